The summed E-state index contributed by atoms with van der Waals surface area (Å²) >= 11 is 0. The number of sulfonamides is 2. The van der Waals surface area contributed by atoms with Gasteiger partial charge >= 0.3 is 0 Å². The largest absolute Gasteiger partial charge is 0.497 e. The summed E-state index contributed by atoms with van der Waals surface area (Å²) < 4.78 is 59.7. The second-order valence-electron chi connectivity index (χ2n) is 6.19. The summed E-state index contributed by atoms with van der Waals surface area (Å²) in [5, 5.41) is 11.5. The van der Waals surface area contributed by atoms with Crippen LogP contribution in [0.15, 0.2) is 82.6 Å². The van der Waals surface area contributed by atoms with Crippen LogP contribution in [0.5, 0.6) is 5.75 Å². The normalized spacial score (nSPS) is 11.5. The van der Waals surface area contributed by atoms with Crippen molar-refractivity contribution in [2.45, 2.75) is 9.79 Å². The number of anilines is 2. The van der Waals surface area contributed by atoms with Crippen molar-refractivity contribution in [3.8, 4) is 5.75 Å². The molecule has 0 amide bonds. The van der Waals surface area contributed by atoms with Crippen molar-refractivity contribution in [3.05, 3.63) is 82.9 Å². The molecule has 0 aromatic heterocycles. The summed E-state index contributed by atoms with van der Waals surface area (Å²) in [4.78, 5) is 10.1. The van der Waals surface area contributed by atoms with Gasteiger partial charge in [0.05, 0.1) is 21.8 Å². The Morgan fingerprint density at radius 2 is 1.42 bits per heavy atom. The van der Waals surface area contributed by atoms with Crippen LogP contribution < -0.4 is 14.2 Å². The first-order valence-electron chi connectivity index (χ1n) is 8.65. The number of ether oxygens (including phenoxy) is 1. The van der Waals surface area contributed by atoms with Crippen LogP contribution in [0.4, 0.5) is 17.1 Å². The van der Waals surface area contributed by atoms with E-state index >= 15 is 0 Å². The van der Waals surface area contributed by atoms with E-state index in [2.05, 4.69) is 9.44 Å². The van der Waals surface area contributed by atoms with Gasteiger partial charge in [-0.05, 0) is 48.5 Å². The predicted molar refractivity (Wildman–Crippen MR) is 114 cm³/mol. The molecule has 0 aliphatic carbocycles. The van der Waals surface area contributed by atoms with Gasteiger partial charge in [-0.15, -0.1) is 0 Å². The molecule has 0 spiro atoms. The van der Waals surface area contributed by atoms with E-state index in [4.69, 9.17) is 4.74 Å². The summed E-state index contributed by atoms with van der Waals surface area (Å²) in [6.45, 7) is 0. The maximum Gasteiger partial charge on any atom is 0.294 e. The molecule has 162 valence electrons. The van der Waals surface area contributed by atoms with Crippen molar-refractivity contribution in [3.63, 3.8) is 0 Å². The Labute approximate surface area is 178 Å². The maximum atomic E-state index is 12.6. The predicted octanol–water partition coefficient (Wildman–Crippen LogP) is 3.21. The summed E-state index contributed by atoms with van der Waals surface area (Å²) in [5.41, 5.74) is -0.855. The molecule has 10 nitrogen and oxygen atoms in total. The molecule has 0 atom stereocenters. The zero-order valence-electron chi connectivity index (χ0n) is 16.0. The van der Waals surface area contributed by atoms with Gasteiger partial charge in [0.2, 0.25) is 0 Å². The number of hydrogen-bond donors (Lipinski definition) is 2. The Kier molecular flexibility index (Phi) is 6.13. The van der Waals surface area contributed by atoms with Crippen LogP contribution in [0.2, 0.25) is 0 Å². The summed E-state index contributed by atoms with van der Waals surface area (Å²) in [6, 6.07) is 16.2. The SMILES string of the molecule is COc1ccc(NS(=O)(=O)c2ccc(NS(=O)(=O)c3ccccc3)c([N+](=O)[O-])c2)cc1. The molecule has 3 rings (SSSR count). The maximum absolute atomic E-state index is 12.6. The van der Waals surface area contributed by atoms with Crippen LogP contribution in [0.25, 0.3) is 0 Å². The Bertz CT molecular complexity index is 1310. The van der Waals surface area contributed by atoms with Crippen LogP contribution >= 0.6 is 0 Å². The molecule has 3 aromatic rings. The number of hydrogen-bond acceptors (Lipinski definition) is 7. The van der Waals surface area contributed by atoms with Crippen LogP contribution in [0, 0.1) is 10.1 Å². The van der Waals surface area contributed by atoms with E-state index in [-0.39, 0.29) is 16.3 Å². The van der Waals surface area contributed by atoms with Crippen molar-refractivity contribution >= 4 is 37.1 Å². The van der Waals surface area contributed by atoms with Crippen LogP contribution in [0.3, 0.4) is 0 Å². The fraction of sp³-hybridized carbons (Fsp3) is 0.0526. The average Bonchev–Trinajstić information content (AvgIpc) is 2.74. The van der Waals surface area contributed by atoms with Gasteiger partial charge in [-0.1, -0.05) is 18.2 Å². The molecule has 0 fully saturated rings. The lowest BCUT2D eigenvalue weighted by atomic mass is 10.3. The van der Waals surface area contributed by atoms with Crippen LogP contribution in [-0.2, 0) is 20.0 Å². The van der Waals surface area contributed by atoms with Crippen LogP contribution in [-0.4, -0.2) is 28.9 Å². The van der Waals surface area contributed by atoms with Gasteiger partial charge in [0.15, 0.2) is 0 Å². The quantitative estimate of drug-likeness (QED) is 0.385. The van der Waals surface area contributed by atoms with Gasteiger partial charge in [0.25, 0.3) is 25.7 Å². The first kappa shape index (κ1) is 22.1. The summed E-state index contributed by atoms with van der Waals surface area (Å²) in [5.74, 6) is 0.522. The van der Waals surface area contributed by atoms with E-state index in [0.29, 0.717) is 5.75 Å². The molecule has 0 aliphatic rings. The van der Waals surface area contributed by atoms with Crippen molar-refractivity contribution in [1.29, 1.82) is 0 Å². The molecule has 31 heavy (non-hydrogen) atoms. The third kappa shape index (κ3) is 5.10. The van der Waals surface area contributed by atoms with Gasteiger partial charge in [-0.2, -0.15) is 0 Å². The van der Waals surface area contributed by atoms with E-state index in [1.807, 2.05) is 0 Å². The van der Waals surface area contributed by atoms with E-state index in [0.717, 1.165) is 18.2 Å². The van der Waals surface area contributed by atoms with E-state index < -0.39 is 35.6 Å². The Hall–Kier alpha value is -3.64. The Balaban J connectivity index is 1.93. The number of nitro groups is 1. The lowest BCUT2D eigenvalue weighted by Gasteiger charge is -2.11. The minimum absolute atomic E-state index is 0.0952. The lowest BCUT2D eigenvalue weighted by Crippen LogP contribution is -2.16. The number of nitro benzene ring substituents is 1. The smallest absolute Gasteiger partial charge is 0.294 e. The van der Waals surface area contributed by atoms with E-state index in [9.17, 15) is 26.9 Å². The number of benzene rings is 3. The third-order valence-corrected chi connectivity index (χ3v) is 6.88. The molecule has 0 heterocycles. The lowest BCUT2D eigenvalue weighted by molar-refractivity contribution is -0.384. The van der Waals surface area contributed by atoms with Gasteiger partial charge in [0, 0.05) is 11.8 Å². The molecule has 0 radical (unpaired) electrons. The first-order valence-corrected chi connectivity index (χ1v) is 11.6. The van der Waals surface area contributed by atoms with Gasteiger partial charge in [0.1, 0.15) is 11.4 Å². The highest BCUT2D eigenvalue weighted by Crippen LogP contribution is 2.30. The number of rotatable bonds is 8. The zero-order valence-corrected chi connectivity index (χ0v) is 17.7. The summed E-state index contributed by atoms with van der Waals surface area (Å²) in [7, 11) is -6.81. The first-order chi connectivity index (χ1) is 14.6. The standard InChI is InChI=1S/C19H17N3O7S2/c1-29-15-9-7-14(8-10-15)20-31(27,28)17-11-12-18(19(13-17)22(23)24)21-30(25,26)16-5-3-2-4-6-16/h2-13,20-21H,1H3. The van der Waals surface area contributed by atoms with E-state index in [1.54, 1.807) is 18.2 Å². The fourth-order valence-corrected chi connectivity index (χ4v) is 4.77. The molecular formula is C19H17N3O7S2. The third-order valence-electron chi connectivity index (χ3n) is 4.12. The second kappa shape index (κ2) is 8.62. The van der Waals surface area contributed by atoms with Crippen molar-refractivity contribution in [2.75, 3.05) is 16.6 Å². The monoisotopic (exact) mass is 463 g/mol. The molecule has 0 bridgehead atoms. The van der Waals surface area contributed by atoms with Crippen LogP contribution in [0.1, 0.15) is 0 Å². The Morgan fingerprint density at radius 3 is 2.00 bits per heavy atom. The highest BCUT2D eigenvalue weighted by molar-refractivity contribution is 7.93. The highest BCUT2D eigenvalue weighted by Gasteiger charge is 2.25. The van der Waals surface area contributed by atoms with Crippen molar-refractivity contribution in [2.24, 2.45) is 0 Å². The Morgan fingerprint density at radius 1 is 0.806 bits per heavy atom. The summed E-state index contributed by atoms with van der Waals surface area (Å²) in [6.07, 6.45) is 0. The minimum Gasteiger partial charge on any atom is -0.497 e. The molecule has 2 N–H and O–H groups in total. The fourth-order valence-electron chi connectivity index (χ4n) is 2.59. The molecule has 0 aliphatic heterocycles. The second-order valence-corrected chi connectivity index (χ2v) is 9.55. The molecular weight excluding hydrogens is 446 g/mol. The number of methoxy groups -OCH3 is 1. The molecule has 3 aromatic carbocycles. The van der Waals surface area contributed by atoms with Crippen molar-refractivity contribution < 1.29 is 26.5 Å². The zero-order chi connectivity index (χ0) is 22.6. The van der Waals surface area contributed by atoms with Gasteiger partial charge in [-0.25, -0.2) is 16.8 Å². The van der Waals surface area contributed by atoms with Gasteiger partial charge < -0.3 is 4.74 Å². The molecule has 12 heteroatoms. The topological polar surface area (TPSA) is 145 Å². The highest BCUT2D eigenvalue weighted by atomic mass is 32.2. The van der Waals surface area contributed by atoms with E-state index in [1.165, 1.54) is 43.5 Å². The van der Waals surface area contributed by atoms with Crippen molar-refractivity contribution in [1.82, 2.24) is 0 Å². The molecule has 0 saturated heterocycles. The van der Waals surface area contributed by atoms with Gasteiger partial charge in [-0.3, -0.25) is 19.6 Å². The number of nitrogens with zero attached hydrogens (tertiary/aromatic N) is 1. The molecule has 0 unspecified atom stereocenters. The molecule has 0 saturated carbocycles. The average molecular weight is 463 g/mol. The number of nitrogens with one attached hydrogen (secondary N) is 2. The minimum atomic E-state index is -4.17.